The molecule has 0 aliphatic heterocycles. The van der Waals surface area contributed by atoms with Crippen LogP contribution in [0.4, 0.5) is 11.6 Å². The Labute approximate surface area is 137 Å². The molecule has 0 spiro atoms. The molecule has 0 radical (unpaired) electrons. The summed E-state index contributed by atoms with van der Waals surface area (Å²) in [5.74, 6) is 0.866. The summed E-state index contributed by atoms with van der Waals surface area (Å²) in [6.45, 7) is 9.13. The summed E-state index contributed by atoms with van der Waals surface area (Å²) in [6.07, 6.45) is 2.63. The fourth-order valence-electron chi connectivity index (χ4n) is 2.12. The zero-order valence-electron chi connectivity index (χ0n) is 14.2. The van der Waals surface area contributed by atoms with Crippen LogP contribution < -0.4 is 10.6 Å². The molecule has 0 saturated carbocycles. The highest BCUT2D eigenvalue weighted by Gasteiger charge is 2.11. The molecule has 0 atom stereocenters. The smallest absolute Gasteiger partial charge is 0.274 e. The molecule has 0 aliphatic rings. The van der Waals surface area contributed by atoms with Crippen molar-refractivity contribution < 1.29 is 4.79 Å². The minimum atomic E-state index is -0.229. The van der Waals surface area contributed by atoms with Gasteiger partial charge in [0.1, 0.15) is 5.69 Å². The predicted octanol–water partition coefficient (Wildman–Crippen LogP) is 3.80. The Morgan fingerprint density at radius 2 is 2.00 bits per heavy atom. The van der Waals surface area contributed by atoms with Crippen molar-refractivity contribution in [3.8, 4) is 0 Å². The number of nitrogens with one attached hydrogen (secondary N) is 2. The molecule has 0 aliphatic carbocycles. The molecule has 1 amide bonds. The maximum Gasteiger partial charge on any atom is 0.274 e. The third-order valence-corrected chi connectivity index (χ3v) is 3.75. The van der Waals surface area contributed by atoms with Crippen LogP contribution in [0.1, 0.15) is 41.9 Å². The molecule has 23 heavy (non-hydrogen) atoms. The molecular weight excluding hydrogens is 288 g/mol. The maximum atomic E-state index is 12.4. The van der Waals surface area contributed by atoms with Crippen LogP contribution in [0.5, 0.6) is 0 Å². The highest BCUT2D eigenvalue weighted by atomic mass is 16.1. The second-order valence-electron chi connectivity index (χ2n) is 6.08. The summed E-state index contributed by atoms with van der Waals surface area (Å²) in [5, 5.41) is 6.07. The lowest BCUT2D eigenvalue weighted by Crippen LogP contribution is -2.16. The molecule has 0 fully saturated rings. The lowest BCUT2D eigenvalue weighted by molar-refractivity contribution is 0.102. The van der Waals surface area contributed by atoms with E-state index in [-0.39, 0.29) is 5.91 Å². The normalized spacial score (nSPS) is 10.7. The SMILES string of the molecule is Cc1cccc(NC(=O)c2ccnc(NCCC(C)C)n2)c1C. The van der Waals surface area contributed by atoms with Crippen molar-refractivity contribution in [1.29, 1.82) is 0 Å². The zero-order chi connectivity index (χ0) is 16.8. The highest BCUT2D eigenvalue weighted by Crippen LogP contribution is 2.18. The monoisotopic (exact) mass is 312 g/mol. The van der Waals surface area contributed by atoms with Gasteiger partial charge >= 0.3 is 0 Å². The highest BCUT2D eigenvalue weighted by molar-refractivity contribution is 6.03. The maximum absolute atomic E-state index is 12.4. The van der Waals surface area contributed by atoms with Crippen LogP contribution in [-0.4, -0.2) is 22.4 Å². The summed E-state index contributed by atoms with van der Waals surface area (Å²) in [7, 11) is 0. The first-order chi connectivity index (χ1) is 11.0. The summed E-state index contributed by atoms with van der Waals surface area (Å²) >= 11 is 0. The van der Waals surface area contributed by atoms with E-state index in [1.165, 1.54) is 0 Å². The van der Waals surface area contributed by atoms with Gasteiger partial charge in [-0.25, -0.2) is 9.97 Å². The van der Waals surface area contributed by atoms with Crippen LogP contribution >= 0.6 is 0 Å². The van der Waals surface area contributed by atoms with E-state index in [1.54, 1.807) is 12.3 Å². The van der Waals surface area contributed by atoms with E-state index in [0.29, 0.717) is 17.6 Å². The van der Waals surface area contributed by atoms with E-state index >= 15 is 0 Å². The lowest BCUT2D eigenvalue weighted by Gasteiger charge is -2.11. The van der Waals surface area contributed by atoms with E-state index < -0.39 is 0 Å². The number of benzene rings is 1. The summed E-state index contributed by atoms with van der Waals surface area (Å²) in [4.78, 5) is 20.8. The Morgan fingerprint density at radius 1 is 1.22 bits per heavy atom. The van der Waals surface area contributed by atoms with E-state index in [4.69, 9.17) is 0 Å². The second-order valence-corrected chi connectivity index (χ2v) is 6.08. The average molecular weight is 312 g/mol. The van der Waals surface area contributed by atoms with E-state index in [9.17, 15) is 4.79 Å². The van der Waals surface area contributed by atoms with Gasteiger partial charge in [-0.1, -0.05) is 26.0 Å². The molecule has 122 valence electrons. The number of amides is 1. The van der Waals surface area contributed by atoms with Crippen LogP contribution in [0.15, 0.2) is 30.5 Å². The molecule has 0 saturated heterocycles. The van der Waals surface area contributed by atoms with Gasteiger partial charge in [-0.05, 0) is 49.4 Å². The number of hydrogen-bond acceptors (Lipinski definition) is 4. The quantitative estimate of drug-likeness (QED) is 0.851. The first-order valence-electron chi connectivity index (χ1n) is 7.92. The van der Waals surface area contributed by atoms with Crippen LogP contribution in [-0.2, 0) is 0 Å². The molecule has 2 N–H and O–H groups in total. The van der Waals surface area contributed by atoms with E-state index in [2.05, 4.69) is 34.4 Å². The molecule has 0 bridgehead atoms. The number of aromatic nitrogens is 2. The largest absolute Gasteiger partial charge is 0.354 e. The van der Waals surface area contributed by atoms with Gasteiger partial charge in [-0.2, -0.15) is 0 Å². The van der Waals surface area contributed by atoms with Crippen molar-refractivity contribution in [2.45, 2.75) is 34.1 Å². The number of anilines is 2. The van der Waals surface area contributed by atoms with Gasteiger partial charge in [0.2, 0.25) is 5.95 Å². The third kappa shape index (κ3) is 4.77. The number of hydrogen-bond donors (Lipinski definition) is 2. The molecule has 2 rings (SSSR count). The van der Waals surface area contributed by atoms with Crippen molar-refractivity contribution in [2.24, 2.45) is 5.92 Å². The van der Waals surface area contributed by atoms with Crippen molar-refractivity contribution in [3.05, 3.63) is 47.3 Å². The zero-order valence-corrected chi connectivity index (χ0v) is 14.2. The van der Waals surface area contributed by atoms with Crippen LogP contribution in [0.2, 0.25) is 0 Å². The number of aryl methyl sites for hydroxylation is 1. The molecule has 1 aromatic heterocycles. The number of nitrogens with zero attached hydrogens (tertiary/aromatic N) is 2. The van der Waals surface area contributed by atoms with Crippen molar-refractivity contribution in [2.75, 3.05) is 17.2 Å². The summed E-state index contributed by atoms with van der Waals surface area (Å²) in [5.41, 5.74) is 3.36. The second kappa shape index (κ2) is 7.72. The minimum Gasteiger partial charge on any atom is -0.354 e. The number of carbonyl (C=O) groups is 1. The lowest BCUT2D eigenvalue weighted by atomic mass is 10.1. The number of carbonyl (C=O) groups excluding carboxylic acids is 1. The molecule has 2 aromatic rings. The minimum absolute atomic E-state index is 0.229. The van der Waals surface area contributed by atoms with Crippen molar-refractivity contribution in [3.63, 3.8) is 0 Å². The Hall–Kier alpha value is -2.43. The Bertz CT molecular complexity index is 682. The van der Waals surface area contributed by atoms with Gasteiger partial charge in [0.25, 0.3) is 5.91 Å². The number of rotatable bonds is 6. The summed E-state index contributed by atoms with van der Waals surface area (Å²) in [6, 6.07) is 7.46. The fourth-order valence-corrected chi connectivity index (χ4v) is 2.12. The average Bonchev–Trinajstić information content (AvgIpc) is 2.52. The molecule has 1 aromatic carbocycles. The van der Waals surface area contributed by atoms with Crippen LogP contribution in [0.3, 0.4) is 0 Å². The predicted molar refractivity (Wildman–Crippen MR) is 93.8 cm³/mol. The molecule has 1 heterocycles. The van der Waals surface area contributed by atoms with E-state index in [0.717, 1.165) is 29.8 Å². The Balaban J connectivity index is 2.06. The fraction of sp³-hybridized carbons (Fsp3) is 0.389. The van der Waals surface area contributed by atoms with Crippen LogP contribution in [0, 0.1) is 19.8 Å². The molecule has 0 unspecified atom stereocenters. The van der Waals surface area contributed by atoms with E-state index in [1.807, 2.05) is 32.0 Å². The Kier molecular flexibility index (Phi) is 5.68. The van der Waals surface area contributed by atoms with Gasteiger partial charge < -0.3 is 10.6 Å². The Morgan fingerprint density at radius 3 is 2.74 bits per heavy atom. The topological polar surface area (TPSA) is 66.9 Å². The van der Waals surface area contributed by atoms with Gasteiger partial charge in [0.05, 0.1) is 0 Å². The van der Waals surface area contributed by atoms with Gasteiger partial charge in [0.15, 0.2) is 0 Å². The molecule has 5 nitrogen and oxygen atoms in total. The van der Waals surface area contributed by atoms with Gasteiger partial charge in [-0.3, -0.25) is 4.79 Å². The molecule has 5 heteroatoms. The first-order valence-corrected chi connectivity index (χ1v) is 7.92. The van der Waals surface area contributed by atoms with Gasteiger partial charge in [-0.15, -0.1) is 0 Å². The van der Waals surface area contributed by atoms with Crippen molar-refractivity contribution >= 4 is 17.5 Å². The third-order valence-electron chi connectivity index (χ3n) is 3.75. The summed E-state index contributed by atoms with van der Waals surface area (Å²) < 4.78 is 0. The first kappa shape index (κ1) is 16.9. The van der Waals surface area contributed by atoms with Gasteiger partial charge in [0, 0.05) is 18.4 Å². The molecular formula is C18H24N4O. The van der Waals surface area contributed by atoms with Crippen molar-refractivity contribution in [1.82, 2.24) is 9.97 Å². The van der Waals surface area contributed by atoms with Crippen LogP contribution in [0.25, 0.3) is 0 Å². The standard InChI is InChI=1S/C18H24N4O/c1-12(2)8-10-19-18-20-11-9-16(22-18)17(23)21-15-7-5-6-13(3)14(15)4/h5-7,9,11-12H,8,10H2,1-4H3,(H,21,23)(H,19,20,22).